The van der Waals surface area contributed by atoms with E-state index in [1.807, 2.05) is 4.72 Å². The molecular weight excluding hydrogens is 278 g/mol. The fraction of sp³-hybridized carbons (Fsp3) is 0.455. The van der Waals surface area contributed by atoms with Crippen LogP contribution < -0.4 is 14.8 Å². The number of hydrogen-bond donors (Lipinski definition) is 2. The molecule has 0 atom stereocenters. The van der Waals surface area contributed by atoms with Crippen molar-refractivity contribution in [2.45, 2.75) is 17.9 Å². The quantitative estimate of drug-likeness (QED) is 0.786. The maximum Gasteiger partial charge on any atom is 0.251 e. The highest BCUT2D eigenvalue weighted by Crippen LogP contribution is 2.24. The average molecular weight is 294 g/mol. The highest BCUT2D eigenvalue weighted by Gasteiger charge is 2.20. The number of sulfonamides is 1. The van der Waals surface area contributed by atoms with Crippen LogP contribution in [0.4, 0.5) is 8.78 Å². The summed E-state index contributed by atoms with van der Waals surface area (Å²) in [6.45, 7) is -0.384. The molecule has 0 heterocycles. The number of hydrogen-bond acceptors (Lipinski definition) is 4. The van der Waals surface area contributed by atoms with Gasteiger partial charge in [-0.05, 0) is 24.7 Å². The van der Waals surface area contributed by atoms with Crippen molar-refractivity contribution in [3.05, 3.63) is 23.8 Å². The van der Waals surface area contributed by atoms with E-state index in [1.165, 1.54) is 13.2 Å². The number of ether oxygens (including phenoxy) is 1. The van der Waals surface area contributed by atoms with Crippen LogP contribution >= 0.6 is 0 Å². The first kappa shape index (κ1) is 15.8. The van der Waals surface area contributed by atoms with Crippen molar-refractivity contribution >= 4 is 10.0 Å². The topological polar surface area (TPSA) is 67.4 Å². The van der Waals surface area contributed by atoms with Gasteiger partial charge < -0.3 is 10.1 Å². The van der Waals surface area contributed by atoms with Gasteiger partial charge in [-0.1, -0.05) is 6.07 Å². The molecule has 108 valence electrons. The predicted molar refractivity (Wildman–Crippen MR) is 67.0 cm³/mol. The van der Waals surface area contributed by atoms with Crippen molar-refractivity contribution in [2.75, 3.05) is 20.7 Å². The molecule has 0 radical (unpaired) electrons. The number of methoxy groups -OCH3 is 1. The van der Waals surface area contributed by atoms with Crippen LogP contribution in [0.2, 0.25) is 0 Å². The van der Waals surface area contributed by atoms with Gasteiger partial charge in [-0.25, -0.2) is 21.9 Å². The van der Waals surface area contributed by atoms with Crippen molar-refractivity contribution in [3.63, 3.8) is 0 Å². The van der Waals surface area contributed by atoms with Gasteiger partial charge >= 0.3 is 0 Å². The molecule has 1 aromatic rings. The molecule has 0 unspecified atom stereocenters. The van der Waals surface area contributed by atoms with E-state index in [0.717, 1.165) is 5.56 Å². The number of rotatable bonds is 7. The molecule has 0 spiro atoms. The first-order chi connectivity index (χ1) is 8.90. The summed E-state index contributed by atoms with van der Waals surface area (Å²) in [5.74, 6) is 0.120. The maximum atomic E-state index is 12.1. The lowest BCUT2D eigenvalue weighted by atomic mass is 10.2. The molecule has 0 fully saturated rings. The van der Waals surface area contributed by atoms with Gasteiger partial charge in [0.25, 0.3) is 6.43 Å². The summed E-state index contributed by atoms with van der Waals surface area (Å²) in [6.07, 6.45) is -2.75. The fourth-order valence-electron chi connectivity index (χ4n) is 1.50. The molecule has 0 bridgehead atoms. The minimum absolute atomic E-state index is 0.120. The van der Waals surface area contributed by atoms with E-state index in [0.29, 0.717) is 6.54 Å². The van der Waals surface area contributed by atoms with Crippen LogP contribution in [-0.4, -0.2) is 35.5 Å². The second kappa shape index (κ2) is 6.78. The average Bonchev–Trinajstić information content (AvgIpc) is 2.36. The molecule has 0 aromatic heterocycles. The molecule has 0 aliphatic carbocycles. The van der Waals surface area contributed by atoms with E-state index < -0.39 is 23.0 Å². The van der Waals surface area contributed by atoms with Crippen LogP contribution in [-0.2, 0) is 16.6 Å². The van der Waals surface area contributed by atoms with E-state index in [2.05, 4.69) is 5.32 Å². The van der Waals surface area contributed by atoms with Crippen molar-refractivity contribution in [1.29, 1.82) is 0 Å². The van der Waals surface area contributed by atoms with Crippen LogP contribution in [0.1, 0.15) is 5.56 Å². The van der Waals surface area contributed by atoms with Gasteiger partial charge in [-0.3, -0.25) is 0 Å². The Kier molecular flexibility index (Phi) is 5.64. The number of benzene rings is 1. The van der Waals surface area contributed by atoms with Crippen molar-refractivity contribution in [3.8, 4) is 5.75 Å². The third kappa shape index (κ3) is 4.41. The van der Waals surface area contributed by atoms with Crippen LogP contribution in [0.3, 0.4) is 0 Å². The molecule has 0 amide bonds. The van der Waals surface area contributed by atoms with Gasteiger partial charge in [-0.15, -0.1) is 0 Å². The van der Waals surface area contributed by atoms with Gasteiger partial charge in [-0.2, -0.15) is 0 Å². The zero-order valence-corrected chi connectivity index (χ0v) is 11.4. The second-order valence-corrected chi connectivity index (χ2v) is 5.49. The SMILES string of the molecule is CNCc1ccc(S(=O)(=O)NCC(F)F)c(OC)c1. The lowest BCUT2D eigenvalue weighted by Gasteiger charge is -2.12. The van der Waals surface area contributed by atoms with Crippen LogP contribution in [0.5, 0.6) is 5.75 Å². The molecular formula is C11H16F2N2O3S. The summed E-state index contributed by atoms with van der Waals surface area (Å²) in [4.78, 5) is -0.157. The summed E-state index contributed by atoms with van der Waals surface area (Å²) in [6, 6.07) is 4.47. The normalized spacial score (nSPS) is 11.8. The van der Waals surface area contributed by atoms with Gasteiger partial charge in [0.15, 0.2) is 0 Å². The summed E-state index contributed by atoms with van der Waals surface area (Å²) in [7, 11) is -0.930. The van der Waals surface area contributed by atoms with Gasteiger partial charge in [0, 0.05) is 6.54 Å². The lowest BCUT2D eigenvalue weighted by Crippen LogP contribution is -2.29. The second-order valence-electron chi connectivity index (χ2n) is 3.76. The van der Waals surface area contributed by atoms with E-state index in [-0.39, 0.29) is 10.6 Å². The molecule has 0 aliphatic rings. The molecule has 19 heavy (non-hydrogen) atoms. The Morgan fingerprint density at radius 1 is 1.37 bits per heavy atom. The number of alkyl halides is 2. The molecule has 0 aliphatic heterocycles. The predicted octanol–water partition coefficient (Wildman–Crippen LogP) is 0.958. The molecule has 1 rings (SSSR count). The summed E-state index contributed by atoms with van der Waals surface area (Å²) < 4.78 is 54.6. The fourth-order valence-corrected chi connectivity index (χ4v) is 2.65. The standard InChI is InChI=1S/C11H16F2N2O3S/c1-14-6-8-3-4-10(9(5-8)18-2)19(16,17)15-7-11(12)13/h3-5,11,14-15H,6-7H2,1-2H3. The van der Waals surface area contributed by atoms with Crippen molar-refractivity contribution in [1.82, 2.24) is 10.0 Å². The number of halogens is 2. The third-order valence-corrected chi connectivity index (χ3v) is 3.79. The monoisotopic (exact) mass is 294 g/mol. The Labute approximate surface area is 111 Å². The minimum Gasteiger partial charge on any atom is -0.495 e. The summed E-state index contributed by atoms with van der Waals surface area (Å²) in [5, 5.41) is 2.91. The third-order valence-electron chi connectivity index (χ3n) is 2.33. The highest BCUT2D eigenvalue weighted by molar-refractivity contribution is 7.89. The van der Waals surface area contributed by atoms with Gasteiger partial charge in [0.2, 0.25) is 10.0 Å². The molecule has 0 saturated heterocycles. The van der Waals surface area contributed by atoms with Crippen LogP contribution in [0.15, 0.2) is 23.1 Å². The molecule has 2 N–H and O–H groups in total. The molecule has 1 aromatic carbocycles. The Balaban J connectivity index is 3.05. The zero-order chi connectivity index (χ0) is 14.5. The van der Waals surface area contributed by atoms with E-state index in [9.17, 15) is 17.2 Å². The molecule has 8 heteroatoms. The van der Waals surface area contributed by atoms with Crippen LogP contribution in [0, 0.1) is 0 Å². The molecule has 0 saturated carbocycles. The van der Waals surface area contributed by atoms with E-state index >= 15 is 0 Å². The Bertz CT molecular complexity index is 521. The maximum absolute atomic E-state index is 12.1. The Morgan fingerprint density at radius 2 is 2.05 bits per heavy atom. The smallest absolute Gasteiger partial charge is 0.251 e. The lowest BCUT2D eigenvalue weighted by molar-refractivity contribution is 0.153. The Morgan fingerprint density at radius 3 is 2.58 bits per heavy atom. The molecule has 5 nitrogen and oxygen atoms in total. The van der Waals surface area contributed by atoms with E-state index in [1.54, 1.807) is 19.2 Å². The van der Waals surface area contributed by atoms with Gasteiger partial charge in [0.05, 0.1) is 13.7 Å². The van der Waals surface area contributed by atoms with Crippen LogP contribution in [0.25, 0.3) is 0 Å². The first-order valence-electron chi connectivity index (χ1n) is 5.50. The summed E-state index contributed by atoms with van der Waals surface area (Å²) in [5.41, 5.74) is 0.826. The highest BCUT2D eigenvalue weighted by atomic mass is 32.2. The van der Waals surface area contributed by atoms with Crippen molar-refractivity contribution in [2.24, 2.45) is 0 Å². The summed E-state index contributed by atoms with van der Waals surface area (Å²) >= 11 is 0. The first-order valence-corrected chi connectivity index (χ1v) is 6.98. The largest absolute Gasteiger partial charge is 0.495 e. The van der Waals surface area contributed by atoms with Crippen molar-refractivity contribution < 1.29 is 21.9 Å². The van der Waals surface area contributed by atoms with Gasteiger partial charge in [0.1, 0.15) is 10.6 Å². The van der Waals surface area contributed by atoms with E-state index in [4.69, 9.17) is 4.74 Å². The zero-order valence-electron chi connectivity index (χ0n) is 10.6. The number of nitrogens with one attached hydrogen (secondary N) is 2. The minimum atomic E-state index is -4.01. The Hall–Kier alpha value is -1.25.